The van der Waals surface area contributed by atoms with E-state index in [4.69, 9.17) is 0 Å². The Balaban J connectivity index is 2.30. The standard InChI is InChI=1S/C15H22BrNO/c1-11-4-5-13(8-14(11)16)17-9-12(10-18)6-7-15(17,2)3/h4-5,8,12,18H,6-7,9-10H2,1-3H3. The second-order valence-corrected chi connectivity index (χ2v) is 6.80. The summed E-state index contributed by atoms with van der Waals surface area (Å²) >= 11 is 3.61. The van der Waals surface area contributed by atoms with Crippen molar-refractivity contribution in [3.05, 3.63) is 28.2 Å². The molecule has 0 spiro atoms. The molecule has 1 unspecified atom stereocenters. The molecule has 100 valence electrons. The van der Waals surface area contributed by atoms with Gasteiger partial charge in [-0.15, -0.1) is 0 Å². The molecule has 18 heavy (non-hydrogen) atoms. The monoisotopic (exact) mass is 311 g/mol. The Bertz CT molecular complexity index is 431. The molecule has 1 N–H and O–H groups in total. The highest BCUT2D eigenvalue weighted by Crippen LogP contribution is 2.36. The molecule has 0 amide bonds. The molecule has 1 aromatic carbocycles. The molecule has 0 aromatic heterocycles. The van der Waals surface area contributed by atoms with E-state index in [1.165, 1.54) is 11.3 Å². The number of aliphatic hydroxyl groups excluding tert-OH is 1. The van der Waals surface area contributed by atoms with Crippen LogP contribution in [0.2, 0.25) is 0 Å². The van der Waals surface area contributed by atoms with E-state index in [9.17, 15) is 5.11 Å². The Hall–Kier alpha value is -0.540. The molecule has 1 fully saturated rings. The van der Waals surface area contributed by atoms with E-state index in [1.54, 1.807) is 0 Å². The number of anilines is 1. The Morgan fingerprint density at radius 1 is 1.44 bits per heavy atom. The van der Waals surface area contributed by atoms with Crippen molar-refractivity contribution < 1.29 is 5.11 Å². The van der Waals surface area contributed by atoms with Gasteiger partial charge in [0.15, 0.2) is 0 Å². The molecule has 1 aliphatic heterocycles. The summed E-state index contributed by atoms with van der Waals surface area (Å²) in [5, 5.41) is 9.39. The highest BCUT2D eigenvalue weighted by molar-refractivity contribution is 9.10. The maximum absolute atomic E-state index is 9.39. The van der Waals surface area contributed by atoms with E-state index in [-0.39, 0.29) is 5.54 Å². The predicted octanol–water partition coefficient (Wildman–Crippen LogP) is 3.74. The quantitative estimate of drug-likeness (QED) is 0.899. The zero-order valence-corrected chi connectivity index (χ0v) is 13.0. The van der Waals surface area contributed by atoms with Crippen LogP contribution in [0.5, 0.6) is 0 Å². The van der Waals surface area contributed by atoms with Crippen LogP contribution in [-0.4, -0.2) is 23.8 Å². The van der Waals surface area contributed by atoms with Crippen molar-refractivity contribution in [1.82, 2.24) is 0 Å². The third-order valence-corrected chi connectivity index (χ3v) is 4.92. The van der Waals surface area contributed by atoms with Gasteiger partial charge >= 0.3 is 0 Å². The zero-order valence-electron chi connectivity index (χ0n) is 11.4. The van der Waals surface area contributed by atoms with Crippen molar-refractivity contribution in [3.63, 3.8) is 0 Å². The van der Waals surface area contributed by atoms with Gasteiger partial charge in [0.05, 0.1) is 0 Å². The average molecular weight is 312 g/mol. The Morgan fingerprint density at radius 3 is 2.78 bits per heavy atom. The number of aliphatic hydroxyl groups is 1. The first kappa shape index (κ1) is 13.9. The number of halogens is 1. The second-order valence-electron chi connectivity index (χ2n) is 5.94. The number of benzene rings is 1. The molecule has 0 bridgehead atoms. The van der Waals surface area contributed by atoms with Crippen LogP contribution in [-0.2, 0) is 0 Å². The van der Waals surface area contributed by atoms with Crippen molar-refractivity contribution in [3.8, 4) is 0 Å². The fraction of sp³-hybridized carbons (Fsp3) is 0.600. The van der Waals surface area contributed by atoms with Crippen LogP contribution in [0.25, 0.3) is 0 Å². The van der Waals surface area contributed by atoms with Crippen molar-refractivity contribution in [2.75, 3.05) is 18.1 Å². The first-order valence-electron chi connectivity index (χ1n) is 6.58. The van der Waals surface area contributed by atoms with Gasteiger partial charge in [-0.25, -0.2) is 0 Å². The number of rotatable bonds is 2. The molecule has 3 heteroatoms. The van der Waals surface area contributed by atoms with Gasteiger partial charge in [-0.05, 0) is 57.2 Å². The summed E-state index contributed by atoms with van der Waals surface area (Å²) in [6.07, 6.45) is 2.25. The summed E-state index contributed by atoms with van der Waals surface area (Å²) in [5.41, 5.74) is 2.67. The summed E-state index contributed by atoms with van der Waals surface area (Å²) in [6, 6.07) is 6.52. The lowest BCUT2D eigenvalue weighted by atomic mass is 9.84. The summed E-state index contributed by atoms with van der Waals surface area (Å²) in [6.45, 7) is 7.91. The first-order valence-corrected chi connectivity index (χ1v) is 7.38. The SMILES string of the molecule is Cc1ccc(N2CC(CO)CCC2(C)C)cc1Br. The highest BCUT2D eigenvalue weighted by atomic mass is 79.9. The third-order valence-electron chi connectivity index (χ3n) is 4.06. The summed E-state index contributed by atoms with van der Waals surface area (Å²) in [7, 11) is 0. The molecule has 1 aliphatic rings. The van der Waals surface area contributed by atoms with Gasteiger partial charge in [-0.2, -0.15) is 0 Å². The normalized spacial score (nSPS) is 23.2. The van der Waals surface area contributed by atoms with Gasteiger partial charge < -0.3 is 10.0 Å². The molecule has 1 atom stereocenters. The van der Waals surface area contributed by atoms with Gasteiger partial charge in [0.2, 0.25) is 0 Å². The first-order chi connectivity index (χ1) is 8.44. The van der Waals surface area contributed by atoms with E-state index in [2.05, 4.69) is 59.8 Å². The van der Waals surface area contributed by atoms with Gasteiger partial charge in [-0.3, -0.25) is 0 Å². The van der Waals surface area contributed by atoms with Gasteiger partial charge in [-0.1, -0.05) is 22.0 Å². The Labute approximate surface area is 118 Å². The van der Waals surface area contributed by atoms with E-state index >= 15 is 0 Å². The molecule has 2 rings (SSSR count). The second kappa shape index (κ2) is 5.22. The van der Waals surface area contributed by atoms with Crippen LogP contribution < -0.4 is 4.90 Å². The lowest BCUT2D eigenvalue weighted by molar-refractivity contribution is 0.181. The molecular weight excluding hydrogens is 290 g/mol. The third kappa shape index (κ3) is 2.72. The lowest BCUT2D eigenvalue weighted by Crippen LogP contribution is -2.51. The smallest absolute Gasteiger partial charge is 0.0476 e. The van der Waals surface area contributed by atoms with Crippen LogP contribution in [0, 0.1) is 12.8 Å². The van der Waals surface area contributed by atoms with E-state index in [0.717, 1.165) is 23.9 Å². The largest absolute Gasteiger partial charge is 0.396 e. The molecule has 0 aliphatic carbocycles. The van der Waals surface area contributed by atoms with Gasteiger partial charge in [0.1, 0.15) is 0 Å². The molecule has 0 saturated carbocycles. The van der Waals surface area contributed by atoms with E-state index in [1.807, 2.05) is 0 Å². The fourth-order valence-corrected chi connectivity index (χ4v) is 3.01. The van der Waals surface area contributed by atoms with Crippen LogP contribution in [0.1, 0.15) is 32.3 Å². The number of hydrogen-bond donors (Lipinski definition) is 1. The van der Waals surface area contributed by atoms with E-state index < -0.39 is 0 Å². The van der Waals surface area contributed by atoms with Crippen LogP contribution >= 0.6 is 15.9 Å². The summed E-state index contributed by atoms with van der Waals surface area (Å²) in [4.78, 5) is 2.43. The van der Waals surface area contributed by atoms with Crippen LogP contribution in [0.15, 0.2) is 22.7 Å². The van der Waals surface area contributed by atoms with Crippen LogP contribution in [0.4, 0.5) is 5.69 Å². The maximum Gasteiger partial charge on any atom is 0.0476 e. The minimum atomic E-state index is 0.167. The zero-order chi connectivity index (χ0) is 13.3. The summed E-state index contributed by atoms with van der Waals surface area (Å²) in [5.74, 6) is 0.401. The Morgan fingerprint density at radius 2 is 2.17 bits per heavy atom. The van der Waals surface area contributed by atoms with Crippen LogP contribution in [0.3, 0.4) is 0 Å². The molecule has 2 nitrogen and oxygen atoms in total. The number of aryl methyl sites for hydroxylation is 1. The van der Waals surface area contributed by atoms with Crippen molar-refractivity contribution in [2.45, 2.75) is 39.2 Å². The fourth-order valence-electron chi connectivity index (χ4n) is 2.64. The molecular formula is C15H22BrNO. The van der Waals surface area contributed by atoms with Crippen molar-refractivity contribution >= 4 is 21.6 Å². The molecule has 0 radical (unpaired) electrons. The maximum atomic E-state index is 9.39. The van der Waals surface area contributed by atoms with Crippen molar-refractivity contribution in [1.29, 1.82) is 0 Å². The minimum Gasteiger partial charge on any atom is -0.396 e. The molecule has 1 aromatic rings. The molecule has 1 heterocycles. The average Bonchev–Trinajstić information content (AvgIpc) is 2.33. The summed E-state index contributed by atoms with van der Waals surface area (Å²) < 4.78 is 1.15. The minimum absolute atomic E-state index is 0.167. The number of nitrogens with zero attached hydrogens (tertiary/aromatic N) is 1. The molecule has 1 saturated heterocycles. The predicted molar refractivity (Wildman–Crippen MR) is 80.1 cm³/mol. The topological polar surface area (TPSA) is 23.5 Å². The number of piperidine rings is 1. The number of hydrogen-bond acceptors (Lipinski definition) is 2. The van der Waals surface area contributed by atoms with Gasteiger partial charge in [0, 0.05) is 28.9 Å². The van der Waals surface area contributed by atoms with Gasteiger partial charge in [0.25, 0.3) is 0 Å². The Kier molecular flexibility index (Phi) is 4.02. The lowest BCUT2D eigenvalue weighted by Gasteiger charge is -2.47. The highest BCUT2D eigenvalue weighted by Gasteiger charge is 2.34. The van der Waals surface area contributed by atoms with E-state index in [0.29, 0.717) is 12.5 Å². The van der Waals surface area contributed by atoms with Crippen molar-refractivity contribution in [2.24, 2.45) is 5.92 Å².